The minimum Gasteiger partial charge on any atom is -0.333 e. The van der Waals surface area contributed by atoms with E-state index in [1.54, 1.807) is 12.1 Å². The molecule has 1 heterocycles. The summed E-state index contributed by atoms with van der Waals surface area (Å²) in [5, 5.41) is 3.68. The van der Waals surface area contributed by atoms with Crippen LogP contribution in [-0.2, 0) is 17.9 Å². The van der Waals surface area contributed by atoms with E-state index in [0.29, 0.717) is 19.6 Å². The van der Waals surface area contributed by atoms with Crippen molar-refractivity contribution in [1.29, 1.82) is 0 Å². The Morgan fingerprint density at radius 3 is 2.56 bits per heavy atom. The van der Waals surface area contributed by atoms with Crippen LogP contribution in [0.4, 0.5) is 4.39 Å². The number of nitrogens with zero attached hydrogens (tertiary/aromatic N) is 1. The molecule has 4 rings (SSSR count). The van der Waals surface area contributed by atoms with E-state index in [9.17, 15) is 9.18 Å². The Kier molecular flexibility index (Phi) is 4.35. The van der Waals surface area contributed by atoms with Gasteiger partial charge in [-0.3, -0.25) is 4.79 Å². The van der Waals surface area contributed by atoms with E-state index in [-0.39, 0.29) is 17.3 Å². The van der Waals surface area contributed by atoms with Crippen molar-refractivity contribution in [2.24, 2.45) is 17.8 Å². The van der Waals surface area contributed by atoms with Gasteiger partial charge in [-0.1, -0.05) is 19.9 Å². The second kappa shape index (κ2) is 6.39. The number of nitrogens with one attached hydrogen (secondary N) is 1. The Morgan fingerprint density at radius 2 is 1.84 bits per heavy atom. The van der Waals surface area contributed by atoms with Gasteiger partial charge in [-0.2, -0.15) is 0 Å². The van der Waals surface area contributed by atoms with Gasteiger partial charge < -0.3 is 10.2 Å². The van der Waals surface area contributed by atoms with Gasteiger partial charge in [-0.05, 0) is 73.1 Å². The van der Waals surface area contributed by atoms with Crippen LogP contribution < -0.4 is 5.32 Å². The molecule has 2 bridgehead atoms. The van der Waals surface area contributed by atoms with E-state index in [2.05, 4.69) is 19.2 Å². The Bertz CT molecular complexity index is 654. The summed E-state index contributed by atoms with van der Waals surface area (Å²) in [6, 6.07) is 4.85. The molecule has 1 aromatic rings. The fourth-order valence-electron chi connectivity index (χ4n) is 5.84. The van der Waals surface area contributed by atoms with Crippen LogP contribution in [0.5, 0.6) is 0 Å². The summed E-state index contributed by atoms with van der Waals surface area (Å²) in [5.41, 5.74) is 2.17. The van der Waals surface area contributed by atoms with Gasteiger partial charge in [0, 0.05) is 18.6 Å². The molecule has 1 aromatic carbocycles. The van der Waals surface area contributed by atoms with E-state index >= 15 is 0 Å². The highest BCUT2D eigenvalue weighted by Crippen LogP contribution is 2.47. The van der Waals surface area contributed by atoms with Crippen LogP contribution in [0, 0.1) is 23.6 Å². The highest BCUT2D eigenvalue weighted by Gasteiger charge is 2.44. The van der Waals surface area contributed by atoms with Crippen molar-refractivity contribution in [3.05, 3.63) is 35.1 Å². The molecule has 4 heteroatoms. The van der Waals surface area contributed by atoms with Crippen molar-refractivity contribution in [3.8, 4) is 0 Å². The van der Waals surface area contributed by atoms with Crippen molar-refractivity contribution in [1.82, 2.24) is 10.2 Å². The van der Waals surface area contributed by atoms with Gasteiger partial charge in [0.05, 0.1) is 6.54 Å². The lowest BCUT2D eigenvalue weighted by Gasteiger charge is -2.50. The number of halogens is 1. The lowest BCUT2D eigenvalue weighted by Crippen LogP contribution is -2.56. The van der Waals surface area contributed by atoms with Crippen molar-refractivity contribution in [2.45, 2.75) is 64.6 Å². The van der Waals surface area contributed by atoms with Crippen LogP contribution in [0.15, 0.2) is 18.2 Å². The number of carbonyl (C=O) groups excluding carboxylic acids is 1. The summed E-state index contributed by atoms with van der Waals surface area (Å²) in [7, 11) is 0. The summed E-state index contributed by atoms with van der Waals surface area (Å²) in [4.78, 5) is 14.6. The Morgan fingerprint density at radius 1 is 1.16 bits per heavy atom. The van der Waals surface area contributed by atoms with Crippen LogP contribution in [0.25, 0.3) is 0 Å². The van der Waals surface area contributed by atoms with E-state index in [1.807, 2.05) is 4.90 Å². The number of benzene rings is 1. The van der Waals surface area contributed by atoms with Gasteiger partial charge in [-0.15, -0.1) is 0 Å². The number of amides is 1. The predicted octanol–water partition coefficient (Wildman–Crippen LogP) is 3.86. The third-order valence-electron chi connectivity index (χ3n) is 6.49. The second-order valence-electron chi connectivity index (χ2n) is 8.96. The molecule has 1 N–H and O–H groups in total. The SMILES string of the molecule is CC1CC2CC(C)CC(NCC(=O)N3Cc4ccc(F)cc4C3)(C1)C2. The lowest BCUT2D eigenvalue weighted by molar-refractivity contribution is -0.131. The maximum absolute atomic E-state index is 13.4. The first-order valence-corrected chi connectivity index (χ1v) is 9.72. The number of hydrogen-bond acceptors (Lipinski definition) is 2. The van der Waals surface area contributed by atoms with Crippen molar-refractivity contribution in [3.63, 3.8) is 0 Å². The molecule has 3 nitrogen and oxygen atoms in total. The van der Waals surface area contributed by atoms with Crippen LogP contribution in [0.2, 0.25) is 0 Å². The minimum atomic E-state index is -0.219. The molecule has 0 spiro atoms. The molecule has 2 saturated carbocycles. The van der Waals surface area contributed by atoms with Crippen LogP contribution in [0.1, 0.15) is 57.1 Å². The smallest absolute Gasteiger partial charge is 0.237 e. The molecule has 2 atom stereocenters. The van der Waals surface area contributed by atoms with E-state index in [1.165, 1.54) is 38.2 Å². The maximum Gasteiger partial charge on any atom is 0.237 e. The summed E-state index contributed by atoms with van der Waals surface area (Å²) in [5.74, 6) is 2.22. The Balaban J connectivity index is 1.39. The van der Waals surface area contributed by atoms with E-state index < -0.39 is 0 Å². The summed E-state index contributed by atoms with van der Waals surface area (Å²) in [6.45, 7) is 6.26. The molecule has 0 aromatic heterocycles. The van der Waals surface area contributed by atoms with Gasteiger partial charge in [0.25, 0.3) is 0 Å². The van der Waals surface area contributed by atoms with Gasteiger partial charge in [0.1, 0.15) is 5.82 Å². The first-order valence-electron chi connectivity index (χ1n) is 9.72. The van der Waals surface area contributed by atoms with Gasteiger partial charge >= 0.3 is 0 Å². The van der Waals surface area contributed by atoms with Gasteiger partial charge in [0.2, 0.25) is 5.91 Å². The third kappa shape index (κ3) is 3.46. The molecule has 3 aliphatic rings. The average molecular weight is 344 g/mol. The molecular formula is C21H29FN2O. The standard InChI is InChI=1S/C21H29FN2O/c1-14-5-16-6-15(2)9-21(8-14,10-16)23-11-20(25)24-12-17-3-4-19(22)7-18(17)13-24/h3-4,7,14-16,23H,5-6,8-13H2,1-2H3. The van der Waals surface area contributed by atoms with Crippen molar-refractivity contribution in [2.75, 3.05) is 6.54 Å². The monoisotopic (exact) mass is 344 g/mol. The first kappa shape index (κ1) is 17.0. The van der Waals surface area contributed by atoms with Crippen molar-refractivity contribution < 1.29 is 9.18 Å². The average Bonchev–Trinajstić information content (AvgIpc) is 2.94. The molecule has 2 unspecified atom stereocenters. The zero-order valence-electron chi connectivity index (χ0n) is 15.4. The molecule has 0 saturated heterocycles. The molecule has 1 aliphatic heterocycles. The third-order valence-corrected chi connectivity index (χ3v) is 6.49. The number of carbonyl (C=O) groups is 1. The number of rotatable bonds is 3. The molecule has 2 fully saturated rings. The normalized spacial score (nSPS) is 34.0. The van der Waals surface area contributed by atoms with E-state index in [0.717, 1.165) is 28.9 Å². The van der Waals surface area contributed by atoms with Gasteiger partial charge in [0.15, 0.2) is 0 Å². The fourth-order valence-corrected chi connectivity index (χ4v) is 5.84. The number of hydrogen-bond donors (Lipinski definition) is 1. The summed E-state index contributed by atoms with van der Waals surface area (Å²) in [6.07, 6.45) is 6.28. The molecular weight excluding hydrogens is 315 g/mol. The molecule has 0 radical (unpaired) electrons. The largest absolute Gasteiger partial charge is 0.333 e. The molecule has 136 valence electrons. The van der Waals surface area contributed by atoms with Crippen LogP contribution >= 0.6 is 0 Å². The Labute approximate surface area is 150 Å². The van der Waals surface area contributed by atoms with Crippen LogP contribution in [0.3, 0.4) is 0 Å². The second-order valence-corrected chi connectivity index (χ2v) is 8.96. The fraction of sp³-hybridized carbons (Fsp3) is 0.667. The quantitative estimate of drug-likeness (QED) is 0.903. The predicted molar refractivity (Wildman–Crippen MR) is 96.3 cm³/mol. The highest BCUT2D eigenvalue weighted by atomic mass is 19.1. The van der Waals surface area contributed by atoms with Crippen LogP contribution in [-0.4, -0.2) is 22.9 Å². The minimum absolute atomic E-state index is 0.138. The molecule has 1 amide bonds. The lowest BCUT2D eigenvalue weighted by atomic mass is 9.61. The number of fused-ring (bicyclic) bond motifs is 3. The Hall–Kier alpha value is -1.42. The topological polar surface area (TPSA) is 32.3 Å². The van der Waals surface area contributed by atoms with Gasteiger partial charge in [-0.25, -0.2) is 4.39 Å². The van der Waals surface area contributed by atoms with E-state index in [4.69, 9.17) is 0 Å². The zero-order chi connectivity index (χ0) is 17.6. The molecule has 25 heavy (non-hydrogen) atoms. The zero-order valence-corrected chi connectivity index (χ0v) is 15.4. The molecule has 2 aliphatic carbocycles. The first-order chi connectivity index (χ1) is 11.9. The van der Waals surface area contributed by atoms with Crippen molar-refractivity contribution >= 4 is 5.91 Å². The highest BCUT2D eigenvalue weighted by molar-refractivity contribution is 5.79. The maximum atomic E-state index is 13.4. The summed E-state index contributed by atoms with van der Waals surface area (Å²) >= 11 is 0. The summed E-state index contributed by atoms with van der Waals surface area (Å²) < 4.78 is 13.4.